The molecule has 0 radical (unpaired) electrons. The summed E-state index contributed by atoms with van der Waals surface area (Å²) in [6.07, 6.45) is 7.33. The van der Waals surface area contributed by atoms with E-state index in [-0.39, 0.29) is 31.7 Å². The molecule has 22 nitrogen and oxygen atoms in total. The van der Waals surface area contributed by atoms with Gasteiger partial charge >= 0.3 is 0 Å². The molecule has 0 aromatic heterocycles. The smallest absolute Gasteiger partial charge is 0.224 e. The van der Waals surface area contributed by atoms with Gasteiger partial charge in [-0.05, 0) is 68.0 Å². The van der Waals surface area contributed by atoms with E-state index in [0.29, 0.717) is 71.7 Å². The first-order valence-corrected chi connectivity index (χ1v) is 30.4. The number of ketones is 2. The number of nitrogens with zero attached hydrogens (tertiary/aromatic N) is 6. The molecule has 80 heavy (non-hydrogen) atoms. The molecule has 0 aliphatic rings. The topological polar surface area (TPSA) is 280 Å². The van der Waals surface area contributed by atoms with Crippen molar-refractivity contribution < 1.29 is 38.4 Å². The van der Waals surface area contributed by atoms with Crippen LogP contribution in [-0.2, 0) is 38.4 Å². The third-order valence-electron chi connectivity index (χ3n) is 14.6. The molecule has 0 aromatic carbocycles. The standard InChI is InChI=1S/C58H116N14O8/c1-11-15-18-20-25-61-54(76)46-51(66-55(77)44-47(14-4)56(78)64-26-21-19-16-12-2)52(74)43-48(57(79)65-28-32-70(8)36-40-72(10)38-34-68(6)30-23-60)41-50(73)42-49(58(80)63-24-17-13-3)45-53(75)62-27-31-69(7)35-39-71(9)37-33-67(5)29-22-59/h47-49,51H,11-46,59-60H2,1-10H3,(H,61,76)(H,62,75)(H,63,80)(H,64,78)(H,65,79)(H,66,77). The van der Waals surface area contributed by atoms with Gasteiger partial charge in [-0.3, -0.25) is 38.4 Å². The number of unbranched alkanes of at least 4 members (excludes halogenated alkanes) is 7. The van der Waals surface area contributed by atoms with Gasteiger partial charge in [0.25, 0.3) is 0 Å². The molecule has 0 saturated heterocycles. The third-order valence-corrected chi connectivity index (χ3v) is 14.6. The highest BCUT2D eigenvalue weighted by molar-refractivity contribution is 5.98. The van der Waals surface area contributed by atoms with Crippen molar-refractivity contribution in [2.75, 3.05) is 167 Å². The number of rotatable bonds is 53. The van der Waals surface area contributed by atoms with Crippen molar-refractivity contribution in [2.24, 2.45) is 29.2 Å². The minimum atomic E-state index is -1.36. The molecule has 22 heteroatoms. The fourth-order valence-electron chi connectivity index (χ4n) is 8.83. The average Bonchev–Trinajstić information content (AvgIpc) is 3.41. The first kappa shape index (κ1) is 75.8. The number of nitrogens with one attached hydrogen (secondary N) is 6. The maximum absolute atomic E-state index is 14.5. The van der Waals surface area contributed by atoms with E-state index in [4.69, 9.17) is 11.5 Å². The Hall–Kier alpha value is -4.16. The predicted octanol–water partition coefficient (Wildman–Crippen LogP) is 1.26. The summed E-state index contributed by atoms with van der Waals surface area (Å²) in [4.78, 5) is 123. The molecule has 0 fully saturated rings. The highest BCUT2D eigenvalue weighted by Gasteiger charge is 2.33. The number of likely N-dealkylation sites (N-methyl/N-ethyl adjacent to an activating group) is 6. The molecule has 0 aliphatic heterocycles. The van der Waals surface area contributed by atoms with Crippen molar-refractivity contribution in [3.63, 3.8) is 0 Å². The largest absolute Gasteiger partial charge is 0.356 e. The molecule has 4 atom stereocenters. The Bertz CT molecular complexity index is 1710. The molecule has 466 valence electrons. The van der Waals surface area contributed by atoms with E-state index in [2.05, 4.69) is 82.2 Å². The van der Waals surface area contributed by atoms with Crippen LogP contribution in [-0.4, -0.2) is 249 Å². The molecular formula is C58H116N14O8. The summed E-state index contributed by atoms with van der Waals surface area (Å²) in [5.74, 6) is -6.77. The number of Topliss-reactive ketones (excluding diaryl/α,β-unsaturated/α-hetero) is 2. The highest BCUT2D eigenvalue weighted by atomic mass is 16.2. The zero-order valence-corrected chi connectivity index (χ0v) is 51.9. The number of carbonyl (C=O) groups is 8. The molecule has 6 amide bonds. The zero-order valence-electron chi connectivity index (χ0n) is 51.9. The summed E-state index contributed by atoms with van der Waals surface area (Å²) in [6, 6.07) is -1.36. The number of amides is 6. The SMILES string of the molecule is CCCCCCNC(=O)CC(NC(=O)CC(CC)C(=O)NCCCCCC)C(=O)CC(CC(=O)CC(CC(=O)NCCN(C)CCN(C)CCN(C)CCN)C(=O)NCCCC)C(=O)NCCN(C)CCN(C)CCN(C)CCN. The van der Waals surface area contributed by atoms with Crippen molar-refractivity contribution in [2.45, 2.75) is 143 Å². The van der Waals surface area contributed by atoms with Crippen LogP contribution in [0.4, 0.5) is 0 Å². The van der Waals surface area contributed by atoms with Crippen LogP contribution in [0.5, 0.6) is 0 Å². The van der Waals surface area contributed by atoms with Gasteiger partial charge in [-0.15, -0.1) is 0 Å². The van der Waals surface area contributed by atoms with Gasteiger partial charge in [0.15, 0.2) is 5.78 Å². The molecule has 4 unspecified atom stereocenters. The van der Waals surface area contributed by atoms with Gasteiger partial charge < -0.3 is 72.8 Å². The second-order valence-electron chi connectivity index (χ2n) is 22.3. The highest BCUT2D eigenvalue weighted by Crippen LogP contribution is 2.19. The number of hydrogen-bond donors (Lipinski definition) is 8. The zero-order chi connectivity index (χ0) is 60.1. The molecule has 0 saturated carbocycles. The number of carbonyl (C=O) groups excluding carboxylic acids is 8. The second kappa shape index (κ2) is 48.4. The van der Waals surface area contributed by atoms with Crippen molar-refractivity contribution >= 4 is 47.0 Å². The van der Waals surface area contributed by atoms with Gasteiger partial charge in [-0.25, -0.2) is 0 Å². The Morgan fingerprint density at radius 1 is 0.350 bits per heavy atom. The van der Waals surface area contributed by atoms with Gasteiger partial charge in [0.1, 0.15) is 5.78 Å². The van der Waals surface area contributed by atoms with E-state index in [9.17, 15) is 38.4 Å². The van der Waals surface area contributed by atoms with Gasteiger partial charge in [-0.1, -0.05) is 72.6 Å². The fraction of sp³-hybridized carbons (Fsp3) is 0.862. The van der Waals surface area contributed by atoms with Crippen molar-refractivity contribution in [1.29, 1.82) is 0 Å². The van der Waals surface area contributed by atoms with Crippen molar-refractivity contribution in [1.82, 2.24) is 61.3 Å². The second-order valence-corrected chi connectivity index (χ2v) is 22.3. The average molecular weight is 1140 g/mol. The van der Waals surface area contributed by atoms with Crippen LogP contribution in [0.2, 0.25) is 0 Å². The van der Waals surface area contributed by atoms with Crippen LogP contribution < -0.4 is 43.4 Å². The van der Waals surface area contributed by atoms with Gasteiger partial charge in [0.2, 0.25) is 35.4 Å². The molecule has 0 aromatic rings. The van der Waals surface area contributed by atoms with Crippen LogP contribution >= 0.6 is 0 Å². The monoisotopic (exact) mass is 1140 g/mol. The van der Waals surface area contributed by atoms with E-state index in [1.807, 2.05) is 49.1 Å². The van der Waals surface area contributed by atoms with E-state index < -0.39 is 84.2 Å². The molecule has 0 aliphatic carbocycles. The maximum atomic E-state index is 14.5. The Morgan fingerprint density at radius 3 is 1.15 bits per heavy atom. The lowest BCUT2D eigenvalue weighted by Crippen LogP contribution is -2.47. The molecule has 0 spiro atoms. The number of hydrogen-bond acceptors (Lipinski definition) is 16. The lowest BCUT2D eigenvalue weighted by atomic mass is 9.88. The fourth-order valence-corrected chi connectivity index (χ4v) is 8.83. The molecule has 10 N–H and O–H groups in total. The van der Waals surface area contributed by atoms with Crippen LogP contribution in [0.1, 0.15) is 137 Å². The Balaban J connectivity index is 6.50. The van der Waals surface area contributed by atoms with E-state index in [0.717, 1.165) is 117 Å². The van der Waals surface area contributed by atoms with Crippen molar-refractivity contribution in [3.8, 4) is 0 Å². The normalized spacial score (nSPS) is 13.2. The minimum Gasteiger partial charge on any atom is -0.356 e. The summed E-state index contributed by atoms with van der Waals surface area (Å²) < 4.78 is 0. The summed E-state index contributed by atoms with van der Waals surface area (Å²) in [5, 5.41) is 17.2. The predicted molar refractivity (Wildman–Crippen MR) is 322 cm³/mol. The third kappa shape index (κ3) is 40.1. The van der Waals surface area contributed by atoms with Crippen molar-refractivity contribution in [3.05, 3.63) is 0 Å². The van der Waals surface area contributed by atoms with Crippen LogP contribution in [0.25, 0.3) is 0 Å². The van der Waals surface area contributed by atoms with Gasteiger partial charge in [0.05, 0.1) is 24.3 Å². The van der Waals surface area contributed by atoms with Crippen LogP contribution in [0, 0.1) is 17.8 Å². The Morgan fingerprint density at radius 2 is 0.700 bits per heavy atom. The van der Waals surface area contributed by atoms with Crippen LogP contribution in [0.15, 0.2) is 0 Å². The quantitative estimate of drug-likeness (QED) is 0.0398. The number of nitrogens with two attached hydrogens (primary N) is 2. The Labute approximate surface area is 483 Å². The molecule has 0 rings (SSSR count). The molecule has 0 heterocycles. The lowest BCUT2D eigenvalue weighted by molar-refractivity contribution is -0.136. The Kier molecular flexibility index (Phi) is 45.9. The molecule has 0 bridgehead atoms. The summed E-state index contributed by atoms with van der Waals surface area (Å²) >= 11 is 0. The van der Waals surface area contributed by atoms with E-state index >= 15 is 0 Å². The first-order valence-electron chi connectivity index (χ1n) is 30.4. The summed E-state index contributed by atoms with van der Waals surface area (Å²) in [5.41, 5.74) is 11.4. The minimum absolute atomic E-state index is 0.207. The first-order chi connectivity index (χ1) is 38.2. The van der Waals surface area contributed by atoms with E-state index in [1.54, 1.807) is 0 Å². The van der Waals surface area contributed by atoms with Gasteiger partial charge in [0, 0.05) is 162 Å². The van der Waals surface area contributed by atoms with E-state index in [1.165, 1.54) is 0 Å². The lowest BCUT2D eigenvalue weighted by Gasteiger charge is -2.25. The maximum Gasteiger partial charge on any atom is 0.224 e. The van der Waals surface area contributed by atoms with Gasteiger partial charge in [-0.2, -0.15) is 0 Å². The molecular weight excluding hydrogens is 1020 g/mol. The summed E-state index contributed by atoms with van der Waals surface area (Å²) in [7, 11) is 12.1. The summed E-state index contributed by atoms with van der Waals surface area (Å²) in [6.45, 7) is 20.3. The van der Waals surface area contributed by atoms with Crippen LogP contribution in [0.3, 0.4) is 0 Å².